The van der Waals surface area contributed by atoms with Crippen LogP contribution in [0.1, 0.15) is 25.7 Å². The van der Waals surface area contributed by atoms with Gasteiger partial charge in [-0.15, -0.1) is 0 Å². The quantitative estimate of drug-likeness (QED) is 0.769. The van der Waals surface area contributed by atoms with Crippen molar-refractivity contribution in [3.05, 3.63) is 0 Å². The summed E-state index contributed by atoms with van der Waals surface area (Å²) in [6.45, 7) is 0.953. The molecular weight excluding hydrogens is 211 g/mol. The molecule has 6 heteroatoms. The van der Waals surface area contributed by atoms with Crippen LogP contribution in [0.3, 0.4) is 0 Å². The van der Waals surface area contributed by atoms with E-state index in [1.807, 2.05) is 0 Å². The predicted octanol–water partition coefficient (Wildman–Crippen LogP) is 1.78. The maximum atomic E-state index is 12.0. The first-order valence-electron chi connectivity index (χ1n) is 4.87. The maximum absolute atomic E-state index is 12.0. The Morgan fingerprint density at radius 1 is 1.33 bits per heavy atom. The summed E-state index contributed by atoms with van der Waals surface area (Å²) in [7, 11) is 0. The second kappa shape index (κ2) is 4.38. The Labute approximate surface area is 85.7 Å². The molecule has 0 spiro atoms. The number of carbonyl (C=O) groups is 1. The number of nitrogens with one attached hydrogen (secondary N) is 1. The van der Waals surface area contributed by atoms with Crippen molar-refractivity contribution in [2.24, 2.45) is 5.41 Å². The van der Waals surface area contributed by atoms with Gasteiger partial charge in [0.2, 0.25) is 0 Å². The lowest BCUT2D eigenvalue weighted by Crippen LogP contribution is -2.42. The second-order valence-electron chi connectivity index (χ2n) is 3.95. The van der Waals surface area contributed by atoms with E-state index >= 15 is 0 Å². The average Bonchev–Trinajstić information content (AvgIpc) is 2.15. The molecule has 0 aliphatic carbocycles. The SMILES string of the molecule is O=C(O)C1(CCC(F)(F)F)CCNCC1. The molecule has 0 radical (unpaired) electrons. The first-order valence-corrected chi connectivity index (χ1v) is 4.87. The molecule has 0 aromatic rings. The molecule has 0 bridgehead atoms. The molecule has 3 nitrogen and oxygen atoms in total. The van der Waals surface area contributed by atoms with Crippen LogP contribution >= 0.6 is 0 Å². The minimum Gasteiger partial charge on any atom is -0.481 e. The van der Waals surface area contributed by atoms with Crippen LogP contribution in [-0.2, 0) is 4.79 Å². The minimum absolute atomic E-state index is 0.276. The van der Waals surface area contributed by atoms with E-state index in [-0.39, 0.29) is 19.3 Å². The van der Waals surface area contributed by atoms with E-state index in [0.717, 1.165) is 0 Å². The molecule has 2 N–H and O–H groups in total. The van der Waals surface area contributed by atoms with E-state index in [1.54, 1.807) is 0 Å². The van der Waals surface area contributed by atoms with Crippen molar-refractivity contribution in [3.63, 3.8) is 0 Å². The zero-order valence-electron chi connectivity index (χ0n) is 8.23. The summed E-state index contributed by atoms with van der Waals surface area (Å²) in [6.07, 6.45) is -5.04. The van der Waals surface area contributed by atoms with Gasteiger partial charge in [-0.1, -0.05) is 0 Å². The van der Waals surface area contributed by atoms with Crippen molar-refractivity contribution in [2.75, 3.05) is 13.1 Å². The number of piperidine rings is 1. The highest BCUT2D eigenvalue weighted by molar-refractivity contribution is 5.74. The molecule has 1 fully saturated rings. The van der Waals surface area contributed by atoms with E-state index in [0.29, 0.717) is 13.1 Å². The third-order valence-corrected chi connectivity index (χ3v) is 2.90. The summed E-state index contributed by atoms with van der Waals surface area (Å²) in [5.41, 5.74) is -1.18. The summed E-state index contributed by atoms with van der Waals surface area (Å²) in [5.74, 6) is -1.10. The number of carboxylic acid groups (broad SMARTS) is 1. The van der Waals surface area contributed by atoms with Gasteiger partial charge in [0.25, 0.3) is 0 Å². The molecule has 0 aromatic heterocycles. The maximum Gasteiger partial charge on any atom is 0.389 e. The number of rotatable bonds is 3. The molecule has 0 saturated carbocycles. The fourth-order valence-corrected chi connectivity index (χ4v) is 1.86. The average molecular weight is 225 g/mol. The molecule has 1 aliphatic heterocycles. The lowest BCUT2D eigenvalue weighted by Gasteiger charge is -2.33. The third-order valence-electron chi connectivity index (χ3n) is 2.90. The van der Waals surface area contributed by atoms with Gasteiger partial charge in [-0.25, -0.2) is 0 Å². The first-order chi connectivity index (χ1) is 6.86. The normalized spacial score (nSPS) is 21.3. The van der Waals surface area contributed by atoms with Crippen LogP contribution in [0.15, 0.2) is 0 Å². The number of halogens is 3. The zero-order chi connectivity index (χ0) is 11.5. The largest absolute Gasteiger partial charge is 0.481 e. The Kier molecular flexibility index (Phi) is 3.59. The van der Waals surface area contributed by atoms with Crippen molar-refractivity contribution in [1.29, 1.82) is 0 Å². The van der Waals surface area contributed by atoms with Crippen molar-refractivity contribution in [2.45, 2.75) is 31.9 Å². The Balaban J connectivity index is 2.61. The highest BCUT2D eigenvalue weighted by atomic mass is 19.4. The van der Waals surface area contributed by atoms with Crippen LogP contribution in [0.25, 0.3) is 0 Å². The van der Waals surface area contributed by atoms with Crippen LogP contribution in [-0.4, -0.2) is 30.3 Å². The van der Waals surface area contributed by atoms with Gasteiger partial charge in [0.05, 0.1) is 5.41 Å². The monoisotopic (exact) mass is 225 g/mol. The van der Waals surface area contributed by atoms with Crippen molar-refractivity contribution < 1.29 is 23.1 Å². The number of hydrogen-bond donors (Lipinski definition) is 2. The standard InChI is InChI=1S/C9H14F3NO2/c10-9(11,12)2-1-8(7(14)15)3-5-13-6-4-8/h13H,1-6H2,(H,14,15). The van der Waals surface area contributed by atoms with Crippen LogP contribution < -0.4 is 5.32 Å². The third kappa shape index (κ3) is 3.37. The lowest BCUT2D eigenvalue weighted by molar-refractivity contribution is -0.160. The second-order valence-corrected chi connectivity index (χ2v) is 3.95. The summed E-state index contributed by atoms with van der Waals surface area (Å²) >= 11 is 0. The number of hydrogen-bond acceptors (Lipinski definition) is 2. The van der Waals surface area contributed by atoms with Crippen LogP contribution in [0.5, 0.6) is 0 Å². The van der Waals surface area contributed by atoms with Gasteiger partial charge in [-0.2, -0.15) is 13.2 Å². The Morgan fingerprint density at radius 3 is 2.27 bits per heavy atom. The van der Waals surface area contributed by atoms with Crippen molar-refractivity contribution in [3.8, 4) is 0 Å². The summed E-state index contributed by atoms with van der Waals surface area (Å²) in [5, 5.41) is 11.9. The number of carboxylic acids is 1. The first kappa shape index (κ1) is 12.3. The van der Waals surface area contributed by atoms with E-state index in [1.165, 1.54) is 0 Å². The minimum atomic E-state index is -4.27. The topological polar surface area (TPSA) is 49.3 Å². The lowest BCUT2D eigenvalue weighted by atomic mass is 9.75. The number of alkyl halides is 3. The summed E-state index contributed by atoms with van der Waals surface area (Å²) in [6, 6.07) is 0. The molecule has 88 valence electrons. The molecule has 0 amide bonds. The van der Waals surface area contributed by atoms with Gasteiger partial charge in [0.15, 0.2) is 0 Å². The van der Waals surface area contributed by atoms with E-state index in [4.69, 9.17) is 5.11 Å². The van der Waals surface area contributed by atoms with Crippen LogP contribution in [0.2, 0.25) is 0 Å². The van der Waals surface area contributed by atoms with Gasteiger partial charge in [0, 0.05) is 6.42 Å². The number of aliphatic carboxylic acids is 1. The molecule has 15 heavy (non-hydrogen) atoms. The highest BCUT2D eigenvalue weighted by Crippen LogP contribution is 2.37. The van der Waals surface area contributed by atoms with Crippen LogP contribution in [0.4, 0.5) is 13.2 Å². The highest BCUT2D eigenvalue weighted by Gasteiger charge is 2.42. The fraction of sp³-hybridized carbons (Fsp3) is 0.889. The molecule has 1 saturated heterocycles. The molecular formula is C9H14F3NO2. The Hall–Kier alpha value is -0.780. The Bertz CT molecular complexity index is 234. The van der Waals surface area contributed by atoms with E-state index in [2.05, 4.69) is 5.32 Å². The molecule has 1 aliphatic rings. The van der Waals surface area contributed by atoms with Gasteiger partial charge < -0.3 is 10.4 Å². The van der Waals surface area contributed by atoms with E-state index < -0.39 is 24.0 Å². The van der Waals surface area contributed by atoms with Gasteiger partial charge in [0.1, 0.15) is 0 Å². The molecule has 0 unspecified atom stereocenters. The predicted molar refractivity (Wildman–Crippen MR) is 47.5 cm³/mol. The molecule has 0 aromatic carbocycles. The smallest absolute Gasteiger partial charge is 0.389 e. The van der Waals surface area contributed by atoms with Crippen LogP contribution in [0, 0.1) is 5.41 Å². The van der Waals surface area contributed by atoms with E-state index in [9.17, 15) is 18.0 Å². The fourth-order valence-electron chi connectivity index (χ4n) is 1.86. The Morgan fingerprint density at radius 2 is 1.87 bits per heavy atom. The molecule has 0 atom stereocenters. The molecule has 1 rings (SSSR count). The van der Waals surface area contributed by atoms with Gasteiger partial charge in [-0.05, 0) is 32.4 Å². The van der Waals surface area contributed by atoms with Crippen molar-refractivity contribution in [1.82, 2.24) is 5.32 Å². The zero-order valence-corrected chi connectivity index (χ0v) is 8.23. The van der Waals surface area contributed by atoms with Gasteiger partial charge in [-0.3, -0.25) is 4.79 Å². The molecule has 1 heterocycles. The summed E-state index contributed by atoms with van der Waals surface area (Å²) in [4.78, 5) is 11.0. The summed E-state index contributed by atoms with van der Waals surface area (Å²) < 4.78 is 36.1. The van der Waals surface area contributed by atoms with Crippen molar-refractivity contribution >= 4 is 5.97 Å². The van der Waals surface area contributed by atoms with Gasteiger partial charge >= 0.3 is 12.1 Å².